The lowest BCUT2D eigenvalue weighted by atomic mass is 9.79. The maximum Gasteiger partial charge on any atom is 0.273 e. The van der Waals surface area contributed by atoms with Gasteiger partial charge >= 0.3 is 0 Å². The van der Waals surface area contributed by atoms with E-state index in [0.29, 0.717) is 11.1 Å². The Morgan fingerprint density at radius 3 is 3.00 bits per heavy atom. The highest BCUT2D eigenvalue weighted by molar-refractivity contribution is 7.09. The van der Waals surface area contributed by atoms with Crippen molar-refractivity contribution in [1.29, 1.82) is 0 Å². The summed E-state index contributed by atoms with van der Waals surface area (Å²) in [5, 5.41) is 2.82. The molecule has 2 aliphatic heterocycles. The van der Waals surface area contributed by atoms with Crippen LogP contribution in [0.3, 0.4) is 0 Å². The molecule has 0 aliphatic carbocycles. The quantitative estimate of drug-likeness (QED) is 0.790. The number of carbonyl (C=O) groups is 1. The van der Waals surface area contributed by atoms with Crippen molar-refractivity contribution in [1.82, 2.24) is 14.8 Å². The molecule has 2 fully saturated rings. The summed E-state index contributed by atoms with van der Waals surface area (Å²) >= 11 is 1.54. The first-order chi connectivity index (χ1) is 9.12. The molecule has 5 heteroatoms. The number of likely N-dealkylation sites (tertiary alicyclic amines) is 2. The lowest BCUT2D eigenvalue weighted by molar-refractivity contribution is 0.0108. The molecule has 1 aromatic heterocycles. The van der Waals surface area contributed by atoms with Gasteiger partial charge in [-0.3, -0.25) is 9.69 Å². The Balaban J connectivity index is 1.58. The molecule has 0 unspecified atom stereocenters. The average Bonchev–Trinajstić information content (AvgIpc) is 2.94. The summed E-state index contributed by atoms with van der Waals surface area (Å²) in [4.78, 5) is 20.9. The van der Waals surface area contributed by atoms with E-state index >= 15 is 0 Å². The summed E-state index contributed by atoms with van der Waals surface area (Å²) in [5.74, 6) is 0.0946. The molecule has 102 valence electrons. The van der Waals surface area contributed by atoms with Gasteiger partial charge in [-0.2, -0.15) is 0 Å². The van der Waals surface area contributed by atoms with Gasteiger partial charge in [0.25, 0.3) is 5.91 Å². The second-order valence-electron chi connectivity index (χ2n) is 5.69. The number of amides is 1. The first-order valence-electron chi connectivity index (χ1n) is 6.67. The third-order valence-electron chi connectivity index (χ3n) is 4.08. The van der Waals surface area contributed by atoms with E-state index in [4.69, 9.17) is 0 Å². The van der Waals surface area contributed by atoms with Crippen molar-refractivity contribution in [2.24, 2.45) is 5.41 Å². The van der Waals surface area contributed by atoms with Crippen LogP contribution in [0.15, 0.2) is 18.0 Å². The van der Waals surface area contributed by atoms with E-state index in [2.05, 4.69) is 16.5 Å². The Kier molecular flexibility index (Phi) is 3.19. The van der Waals surface area contributed by atoms with Gasteiger partial charge in [0.15, 0.2) is 0 Å². The molecule has 1 aromatic rings. The van der Waals surface area contributed by atoms with Gasteiger partial charge in [-0.05, 0) is 19.9 Å². The van der Waals surface area contributed by atoms with Crippen molar-refractivity contribution in [3.05, 3.63) is 28.7 Å². The molecule has 3 heterocycles. The van der Waals surface area contributed by atoms with Crippen LogP contribution in [0.5, 0.6) is 0 Å². The smallest absolute Gasteiger partial charge is 0.273 e. The molecule has 19 heavy (non-hydrogen) atoms. The van der Waals surface area contributed by atoms with Gasteiger partial charge in [0, 0.05) is 37.0 Å². The normalized spacial score (nSPS) is 21.6. The third-order valence-corrected chi connectivity index (χ3v) is 4.86. The maximum atomic E-state index is 12.2. The van der Waals surface area contributed by atoms with Gasteiger partial charge < -0.3 is 4.90 Å². The largest absolute Gasteiger partial charge is 0.336 e. The minimum atomic E-state index is 0.0946. The molecule has 2 saturated heterocycles. The van der Waals surface area contributed by atoms with Crippen molar-refractivity contribution in [3.8, 4) is 0 Å². The number of nitrogens with zero attached hydrogens (tertiary/aromatic N) is 3. The Morgan fingerprint density at radius 1 is 1.58 bits per heavy atom. The molecule has 0 aromatic carbocycles. The minimum Gasteiger partial charge on any atom is -0.336 e. The maximum absolute atomic E-state index is 12.2. The molecule has 0 atom stereocenters. The third kappa shape index (κ3) is 2.32. The predicted molar refractivity (Wildman–Crippen MR) is 76.4 cm³/mol. The van der Waals surface area contributed by atoms with Crippen molar-refractivity contribution >= 4 is 17.2 Å². The molecular formula is C14H19N3OS. The fourth-order valence-electron chi connectivity index (χ4n) is 3.15. The Hall–Kier alpha value is -1.20. The highest BCUT2D eigenvalue weighted by atomic mass is 32.1. The van der Waals surface area contributed by atoms with Crippen LogP contribution < -0.4 is 0 Å². The van der Waals surface area contributed by atoms with Crippen LogP contribution in [0.2, 0.25) is 0 Å². The number of aromatic nitrogens is 1. The molecule has 1 amide bonds. The van der Waals surface area contributed by atoms with Crippen molar-refractivity contribution in [2.75, 3.05) is 32.7 Å². The average molecular weight is 277 g/mol. The Bertz CT molecular complexity index is 505. The Morgan fingerprint density at radius 2 is 2.37 bits per heavy atom. The standard InChI is InChI=1S/C14H19N3OS/c1-3-5-16-6-4-14(8-16)9-17(10-14)13(18)12-7-19-11(2)15-12/h3,7H,1,4-6,8-10H2,2H3. The van der Waals surface area contributed by atoms with Crippen LogP contribution in [-0.4, -0.2) is 53.4 Å². The number of thiazole rings is 1. The fraction of sp³-hybridized carbons (Fsp3) is 0.571. The summed E-state index contributed by atoms with van der Waals surface area (Å²) in [6.07, 6.45) is 3.15. The zero-order valence-electron chi connectivity index (χ0n) is 11.3. The fourth-order valence-corrected chi connectivity index (χ4v) is 3.74. The zero-order valence-corrected chi connectivity index (χ0v) is 12.1. The van der Waals surface area contributed by atoms with Crippen molar-refractivity contribution in [3.63, 3.8) is 0 Å². The molecule has 4 nitrogen and oxygen atoms in total. The molecule has 0 bridgehead atoms. The van der Waals surface area contributed by atoms with E-state index in [-0.39, 0.29) is 5.91 Å². The monoisotopic (exact) mass is 277 g/mol. The number of rotatable bonds is 3. The topological polar surface area (TPSA) is 36.4 Å². The number of carbonyl (C=O) groups excluding carboxylic acids is 1. The lowest BCUT2D eigenvalue weighted by Crippen LogP contribution is -2.59. The second kappa shape index (κ2) is 4.72. The van der Waals surface area contributed by atoms with Crippen LogP contribution >= 0.6 is 11.3 Å². The van der Waals surface area contributed by atoms with Gasteiger partial charge in [-0.1, -0.05) is 6.08 Å². The van der Waals surface area contributed by atoms with E-state index in [1.54, 1.807) is 0 Å². The van der Waals surface area contributed by atoms with Crippen molar-refractivity contribution in [2.45, 2.75) is 13.3 Å². The highest BCUT2D eigenvalue weighted by Gasteiger charge is 2.49. The molecule has 0 saturated carbocycles. The SMILES string of the molecule is C=CCN1CCC2(C1)CN(C(=O)c1csc(C)n1)C2. The molecule has 0 radical (unpaired) electrons. The van der Waals surface area contributed by atoms with Crippen molar-refractivity contribution < 1.29 is 4.79 Å². The number of hydrogen-bond donors (Lipinski definition) is 0. The van der Waals surface area contributed by atoms with Crippen LogP contribution in [0, 0.1) is 12.3 Å². The molecule has 3 rings (SSSR count). The molecule has 1 spiro atoms. The first-order valence-corrected chi connectivity index (χ1v) is 7.54. The van der Waals surface area contributed by atoms with Gasteiger partial charge in [-0.25, -0.2) is 4.98 Å². The van der Waals surface area contributed by atoms with Gasteiger partial charge in [0.1, 0.15) is 5.69 Å². The van der Waals surface area contributed by atoms with Crippen LogP contribution in [-0.2, 0) is 0 Å². The summed E-state index contributed by atoms with van der Waals surface area (Å²) in [7, 11) is 0. The minimum absolute atomic E-state index is 0.0946. The van der Waals surface area contributed by atoms with Crippen LogP contribution in [0.25, 0.3) is 0 Å². The summed E-state index contributed by atoms with van der Waals surface area (Å²) in [6, 6.07) is 0. The lowest BCUT2D eigenvalue weighted by Gasteiger charge is -2.47. The van der Waals surface area contributed by atoms with Gasteiger partial charge in [0.05, 0.1) is 5.01 Å². The van der Waals surface area contributed by atoms with E-state index in [9.17, 15) is 4.79 Å². The molecular weight excluding hydrogens is 258 g/mol. The number of hydrogen-bond acceptors (Lipinski definition) is 4. The predicted octanol–water partition coefficient (Wildman–Crippen LogP) is 1.79. The number of aryl methyl sites for hydroxylation is 1. The summed E-state index contributed by atoms with van der Waals surface area (Å²) in [6.45, 7) is 10.7. The van der Waals surface area contributed by atoms with Gasteiger partial charge in [-0.15, -0.1) is 17.9 Å². The molecule has 0 N–H and O–H groups in total. The Labute approximate surface area is 117 Å². The van der Waals surface area contributed by atoms with E-state index in [0.717, 1.165) is 37.7 Å². The summed E-state index contributed by atoms with van der Waals surface area (Å²) < 4.78 is 0. The van der Waals surface area contributed by atoms with E-state index < -0.39 is 0 Å². The van der Waals surface area contributed by atoms with Crippen LogP contribution in [0.1, 0.15) is 21.9 Å². The van der Waals surface area contributed by atoms with Gasteiger partial charge in [0.2, 0.25) is 0 Å². The van der Waals surface area contributed by atoms with E-state index in [1.807, 2.05) is 23.3 Å². The second-order valence-corrected chi connectivity index (χ2v) is 6.75. The molecule has 2 aliphatic rings. The summed E-state index contributed by atoms with van der Waals surface area (Å²) in [5.41, 5.74) is 0.947. The van der Waals surface area contributed by atoms with Crippen LogP contribution in [0.4, 0.5) is 0 Å². The first kappa shape index (κ1) is 12.8. The zero-order chi connectivity index (χ0) is 13.5. The highest BCUT2D eigenvalue weighted by Crippen LogP contribution is 2.40. The van der Waals surface area contributed by atoms with E-state index in [1.165, 1.54) is 17.8 Å².